The van der Waals surface area contributed by atoms with E-state index in [2.05, 4.69) is 5.32 Å². The second kappa shape index (κ2) is 15.8. The Hall–Kier alpha value is -0.450. The summed E-state index contributed by atoms with van der Waals surface area (Å²) in [5.74, 6) is 0. The SMILES string of the molecule is CC=O.OCCNCCO. The first-order valence-corrected chi connectivity index (χ1v) is 3.15. The molecule has 0 aliphatic carbocycles. The zero-order valence-corrected chi connectivity index (χ0v) is 6.21. The van der Waals surface area contributed by atoms with Gasteiger partial charge < -0.3 is 20.3 Å². The maximum Gasteiger partial charge on any atom is 0.116 e. The van der Waals surface area contributed by atoms with Crippen LogP contribution in [0.4, 0.5) is 0 Å². The van der Waals surface area contributed by atoms with E-state index in [1.54, 1.807) is 0 Å². The van der Waals surface area contributed by atoms with Crippen LogP contribution in [0.3, 0.4) is 0 Å². The van der Waals surface area contributed by atoms with Gasteiger partial charge in [-0.25, -0.2) is 0 Å². The maximum absolute atomic E-state index is 8.81. The van der Waals surface area contributed by atoms with Gasteiger partial charge in [-0.3, -0.25) is 0 Å². The monoisotopic (exact) mass is 149 g/mol. The zero-order valence-electron chi connectivity index (χ0n) is 6.21. The molecule has 4 heteroatoms. The Balaban J connectivity index is 0. The number of hydrogen-bond donors (Lipinski definition) is 3. The minimum Gasteiger partial charge on any atom is -0.395 e. The first-order chi connectivity index (χ1) is 4.83. The molecule has 0 rings (SSSR count). The van der Waals surface area contributed by atoms with Gasteiger partial charge >= 0.3 is 0 Å². The van der Waals surface area contributed by atoms with Gasteiger partial charge in [0.2, 0.25) is 0 Å². The second-order valence-corrected chi connectivity index (χ2v) is 1.43. The molecule has 0 fully saturated rings. The van der Waals surface area contributed by atoms with Gasteiger partial charge in [0.05, 0.1) is 13.2 Å². The number of hydrogen-bond acceptors (Lipinski definition) is 4. The molecule has 0 heterocycles. The summed E-state index contributed by atoms with van der Waals surface area (Å²) in [6, 6.07) is 0. The Morgan fingerprint density at radius 1 is 1.30 bits per heavy atom. The van der Waals surface area contributed by atoms with E-state index in [9.17, 15) is 0 Å². The van der Waals surface area contributed by atoms with E-state index in [1.165, 1.54) is 6.92 Å². The number of aliphatic hydroxyl groups is 2. The van der Waals surface area contributed by atoms with Crippen molar-refractivity contribution in [3.63, 3.8) is 0 Å². The van der Waals surface area contributed by atoms with Gasteiger partial charge in [0.15, 0.2) is 0 Å². The fraction of sp³-hybridized carbons (Fsp3) is 0.833. The summed E-state index contributed by atoms with van der Waals surface area (Å²) in [5, 5.41) is 19.1. The van der Waals surface area contributed by atoms with Crippen molar-refractivity contribution in [3.8, 4) is 0 Å². The summed E-state index contributed by atoms with van der Waals surface area (Å²) < 4.78 is 0. The molecule has 0 spiro atoms. The highest BCUT2D eigenvalue weighted by Crippen LogP contribution is 1.54. The van der Waals surface area contributed by atoms with E-state index >= 15 is 0 Å². The molecule has 10 heavy (non-hydrogen) atoms. The van der Waals surface area contributed by atoms with Crippen molar-refractivity contribution >= 4 is 6.29 Å². The summed E-state index contributed by atoms with van der Waals surface area (Å²) in [6.45, 7) is 2.86. The van der Waals surface area contributed by atoms with Gasteiger partial charge in [-0.15, -0.1) is 0 Å². The Labute approximate surface area is 60.9 Å². The minimum atomic E-state index is 0.139. The molecule has 0 saturated carbocycles. The van der Waals surface area contributed by atoms with Crippen LogP contribution in [0.15, 0.2) is 0 Å². The summed E-state index contributed by atoms with van der Waals surface area (Å²) in [4.78, 5) is 8.81. The Bertz CT molecular complexity index is 55.0. The zero-order chi connectivity index (χ0) is 8.24. The second-order valence-electron chi connectivity index (χ2n) is 1.43. The van der Waals surface area contributed by atoms with Crippen molar-refractivity contribution in [2.24, 2.45) is 0 Å². The molecule has 0 aromatic carbocycles. The number of rotatable bonds is 4. The smallest absolute Gasteiger partial charge is 0.116 e. The van der Waals surface area contributed by atoms with Crippen molar-refractivity contribution < 1.29 is 15.0 Å². The molecule has 62 valence electrons. The maximum atomic E-state index is 8.81. The summed E-state index contributed by atoms with van der Waals surface area (Å²) in [7, 11) is 0. The summed E-state index contributed by atoms with van der Waals surface area (Å²) in [6.07, 6.45) is 0.750. The molecular formula is C6H15NO3. The largest absolute Gasteiger partial charge is 0.395 e. The van der Waals surface area contributed by atoms with Crippen molar-refractivity contribution in [3.05, 3.63) is 0 Å². The van der Waals surface area contributed by atoms with Crippen LogP contribution in [0.5, 0.6) is 0 Å². The number of carbonyl (C=O) groups is 1. The van der Waals surface area contributed by atoms with Crippen LogP contribution in [0.2, 0.25) is 0 Å². The first kappa shape index (κ1) is 12.2. The molecular weight excluding hydrogens is 134 g/mol. The van der Waals surface area contributed by atoms with Gasteiger partial charge in [0.25, 0.3) is 0 Å². The van der Waals surface area contributed by atoms with Crippen LogP contribution >= 0.6 is 0 Å². The molecule has 0 atom stereocenters. The van der Waals surface area contributed by atoms with Crippen LogP contribution < -0.4 is 5.32 Å². The standard InChI is InChI=1S/C4H11NO2.C2H4O/c6-3-1-5-2-4-7;1-2-3/h5-7H,1-4H2;2H,1H3. The van der Waals surface area contributed by atoms with Gasteiger partial charge in [-0.2, -0.15) is 0 Å². The summed E-state index contributed by atoms with van der Waals surface area (Å²) in [5.41, 5.74) is 0. The summed E-state index contributed by atoms with van der Waals surface area (Å²) >= 11 is 0. The van der Waals surface area contributed by atoms with Crippen molar-refractivity contribution in [2.75, 3.05) is 26.3 Å². The number of nitrogens with one attached hydrogen (secondary N) is 1. The Kier molecular flexibility index (Phi) is 19.4. The number of aliphatic hydroxyl groups excluding tert-OH is 2. The topological polar surface area (TPSA) is 69.6 Å². The molecule has 4 nitrogen and oxygen atoms in total. The minimum absolute atomic E-state index is 0.139. The van der Waals surface area contributed by atoms with Crippen molar-refractivity contribution in [2.45, 2.75) is 6.92 Å². The lowest BCUT2D eigenvalue weighted by Crippen LogP contribution is -2.21. The lowest BCUT2D eigenvalue weighted by atomic mass is 10.6. The molecule has 0 saturated heterocycles. The first-order valence-electron chi connectivity index (χ1n) is 3.15. The third kappa shape index (κ3) is 25.7. The third-order valence-electron chi connectivity index (χ3n) is 0.577. The molecule has 3 N–H and O–H groups in total. The fourth-order valence-corrected chi connectivity index (χ4v) is 0.283. The van der Waals surface area contributed by atoms with Crippen LogP contribution in [0.25, 0.3) is 0 Å². The average molecular weight is 149 g/mol. The molecule has 0 aliphatic rings. The van der Waals surface area contributed by atoms with Crippen LogP contribution in [-0.2, 0) is 4.79 Å². The average Bonchev–Trinajstić information content (AvgIpc) is 1.91. The number of aldehydes is 1. The predicted octanol–water partition coefficient (Wildman–Crippen LogP) is -1.23. The molecule has 0 aromatic heterocycles. The highest BCUT2D eigenvalue weighted by Gasteiger charge is 1.78. The van der Waals surface area contributed by atoms with Gasteiger partial charge in [-0.05, 0) is 6.92 Å². The van der Waals surface area contributed by atoms with E-state index in [-0.39, 0.29) is 13.2 Å². The van der Waals surface area contributed by atoms with Gasteiger partial charge in [0.1, 0.15) is 6.29 Å². The van der Waals surface area contributed by atoms with E-state index in [0.29, 0.717) is 13.1 Å². The quantitative estimate of drug-likeness (QED) is 0.345. The highest BCUT2D eigenvalue weighted by atomic mass is 16.3. The van der Waals surface area contributed by atoms with Gasteiger partial charge in [0, 0.05) is 13.1 Å². The lowest BCUT2D eigenvalue weighted by Gasteiger charge is -1.94. The molecule has 0 aromatic rings. The lowest BCUT2D eigenvalue weighted by molar-refractivity contribution is -0.106. The van der Waals surface area contributed by atoms with Crippen LogP contribution in [0.1, 0.15) is 6.92 Å². The Morgan fingerprint density at radius 2 is 1.60 bits per heavy atom. The fourth-order valence-electron chi connectivity index (χ4n) is 0.283. The molecule has 0 bridgehead atoms. The molecule has 0 aliphatic heterocycles. The van der Waals surface area contributed by atoms with Crippen molar-refractivity contribution in [1.82, 2.24) is 5.32 Å². The van der Waals surface area contributed by atoms with Crippen LogP contribution in [0, 0.1) is 0 Å². The molecule has 0 radical (unpaired) electrons. The normalized spacial score (nSPS) is 7.90. The van der Waals surface area contributed by atoms with Crippen molar-refractivity contribution in [1.29, 1.82) is 0 Å². The van der Waals surface area contributed by atoms with E-state index in [4.69, 9.17) is 15.0 Å². The third-order valence-corrected chi connectivity index (χ3v) is 0.577. The molecule has 0 unspecified atom stereocenters. The Morgan fingerprint density at radius 3 is 1.80 bits per heavy atom. The van der Waals surface area contributed by atoms with E-state index in [1.807, 2.05) is 0 Å². The highest BCUT2D eigenvalue weighted by molar-refractivity contribution is 5.44. The van der Waals surface area contributed by atoms with E-state index < -0.39 is 0 Å². The van der Waals surface area contributed by atoms with Gasteiger partial charge in [-0.1, -0.05) is 0 Å². The van der Waals surface area contributed by atoms with Crippen LogP contribution in [-0.4, -0.2) is 42.8 Å². The number of carbonyl (C=O) groups excluding carboxylic acids is 1. The molecule has 0 amide bonds. The van der Waals surface area contributed by atoms with E-state index in [0.717, 1.165) is 6.29 Å². The predicted molar refractivity (Wildman–Crippen MR) is 38.8 cm³/mol.